The van der Waals surface area contributed by atoms with Gasteiger partial charge in [0.1, 0.15) is 0 Å². The van der Waals surface area contributed by atoms with Crippen molar-refractivity contribution < 1.29 is 18.3 Å². The molecule has 2 amide bonds. The van der Waals surface area contributed by atoms with Gasteiger partial charge in [-0.05, 0) is 38.0 Å². The molecule has 1 heterocycles. The maximum atomic E-state index is 12.6. The Bertz CT molecular complexity index is 907. The maximum Gasteiger partial charge on any atom is 0.335 e. The van der Waals surface area contributed by atoms with Crippen LogP contribution in [0.2, 0.25) is 0 Å². The fourth-order valence-corrected chi connectivity index (χ4v) is 3.94. The van der Waals surface area contributed by atoms with E-state index in [1.54, 1.807) is 18.2 Å². The molecule has 25 heavy (non-hydrogen) atoms. The number of para-hydroxylation sites is 1. The standard InChI is InChI=1S/C18H20N2O4S/c1-12-6-8-14(9-7-12)25(23,24)19-18(22)20-11-10-16(21)15-5-3-4-13(2)17(15)20/h3-9,16,21H,10-11H2,1-2H3,(H,19,22). The average molecular weight is 360 g/mol. The van der Waals surface area contributed by atoms with Crippen LogP contribution in [0.3, 0.4) is 0 Å². The lowest BCUT2D eigenvalue weighted by molar-refractivity contribution is 0.164. The third kappa shape index (κ3) is 3.38. The van der Waals surface area contributed by atoms with Crippen molar-refractivity contribution in [2.24, 2.45) is 0 Å². The molecule has 3 rings (SSSR count). The number of aliphatic hydroxyl groups is 1. The number of rotatable bonds is 2. The summed E-state index contributed by atoms with van der Waals surface area (Å²) in [6.45, 7) is 3.92. The molecule has 0 spiro atoms. The molecular weight excluding hydrogens is 340 g/mol. The number of amides is 2. The van der Waals surface area contributed by atoms with Gasteiger partial charge in [0.25, 0.3) is 10.0 Å². The number of anilines is 1. The molecule has 132 valence electrons. The monoisotopic (exact) mass is 360 g/mol. The van der Waals surface area contributed by atoms with Crippen LogP contribution in [0.4, 0.5) is 10.5 Å². The van der Waals surface area contributed by atoms with Crippen LogP contribution in [-0.2, 0) is 10.0 Å². The lowest BCUT2D eigenvalue weighted by Gasteiger charge is -2.33. The number of sulfonamides is 1. The number of hydrogen-bond acceptors (Lipinski definition) is 4. The van der Waals surface area contributed by atoms with E-state index in [9.17, 15) is 18.3 Å². The van der Waals surface area contributed by atoms with Gasteiger partial charge in [0.05, 0.1) is 16.7 Å². The summed E-state index contributed by atoms with van der Waals surface area (Å²) < 4.78 is 27.0. The van der Waals surface area contributed by atoms with Crippen molar-refractivity contribution in [3.8, 4) is 0 Å². The highest BCUT2D eigenvalue weighted by atomic mass is 32.2. The number of urea groups is 1. The summed E-state index contributed by atoms with van der Waals surface area (Å²) in [7, 11) is -3.96. The first kappa shape index (κ1) is 17.4. The van der Waals surface area contributed by atoms with Gasteiger partial charge in [-0.1, -0.05) is 35.9 Å². The second-order valence-electron chi connectivity index (χ2n) is 6.19. The number of aryl methyl sites for hydroxylation is 2. The molecule has 6 nitrogen and oxygen atoms in total. The van der Waals surface area contributed by atoms with E-state index in [0.717, 1.165) is 11.1 Å². The van der Waals surface area contributed by atoms with Crippen LogP contribution in [0.5, 0.6) is 0 Å². The first-order valence-corrected chi connectivity index (χ1v) is 9.46. The molecule has 1 aliphatic rings. The van der Waals surface area contributed by atoms with Crippen LogP contribution < -0.4 is 9.62 Å². The molecule has 1 unspecified atom stereocenters. The number of benzene rings is 2. The Kier molecular flexibility index (Phi) is 4.53. The van der Waals surface area contributed by atoms with Crippen LogP contribution in [0.25, 0.3) is 0 Å². The highest BCUT2D eigenvalue weighted by Gasteiger charge is 2.31. The third-order valence-electron chi connectivity index (χ3n) is 4.32. The third-order valence-corrected chi connectivity index (χ3v) is 5.66. The summed E-state index contributed by atoms with van der Waals surface area (Å²) in [4.78, 5) is 14.0. The Morgan fingerprint density at radius 3 is 2.52 bits per heavy atom. The van der Waals surface area contributed by atoms with Gasteiger partial charge in [-0.2, -0.15) is 0 Å². The molecule has 0 saturated heterocycles. The van der Waals surface area contributed by atoms with Gasteiger partial charge in [0, 0.05) is 12.1 Å². The number of fused-ring (bicyclic) bond motifs is 1. The van der Waals surface area contributed by atoms with E-state index in [0.29, 0.717) is 17.7 Å². The maximum absolute atomic E-state index is 12.6. The summed E-state index contributed by atoms with van der Waals surface area (Å²) in [6.07, 6.45) is -0.304. The molecule has 1 atom stereocenters. The first-order chi connectivity index (χ1) is 11.8. The van der Waals surface area contributed by atoms with E-state index in [-0.39, 0.29) is 11.4 Å². The van der Waals surface area contributed by atoms with Crippen LogP contribution in [0.1, 0.15) is 29.2 Å². The molecule has 2 aromatic carbocycles. The number of nitrogens with one attached hydrogen (secondary N) is 1. The second kappa shape index (κ2) is 6.50. The van der Waals surface area contributed by atoms with Gasteiger partial charge < -0.3 is 5.11 Å². The van der Waals surface area contributed by atoms with E-state index in [4.69, 9.17) is 0 Å². The zero-order valence-electron chi connectivity index (χ0n) is 14.1. The molecule has 0 saturated carbocycles. The summed E-state index contributed by atoms with van der Waals surface area (Å²) >= 11 is 0. The zero-order valence-corrected chi connectivity index (χ0v) is 14.9. The predicted octanol–water partition coefficient (Wildman–Crippen LogP) is 2.65. The summed E-state index contributed by atoms with van der Waals surface area (Å²) in [5, 5.41) is 10.1. The van der Waals surface area contributed by atoms with E-state index >= 15 is 0 Å². The van der Waals surface area contributed by atoms with Crippen molar-refractivity contribution >= 4 is 21.7 Å². The Labute approximate surface area is 147 Å². The van der Waals surface area contributed by atoms with Crippen LogP contribution in [-0.4, -0.2) is 26.1 Å². The van der Waals surface area contributed by atoms with Crippen LogP contribution in [0.15, 0.2) is 47.4 Å². The van der Waals surface area contributed by atoms with Gasteiger partial charge in [-0.25, -0.2) is 17.9 Å². The Balaban J connectivity index is 1.90. The van der Waals surface area contributed by atoms with Gasteiger partial charge in [-0.3, -0.25) is 4.90 Å². The van der Waals surface area contributed by atoms with Crippen molar-refractivity contribution in [1.82, 2.24) is 4.72 Å². The highest BCUT2D eigenvalue weighted by molar-refractivity contribution is 7.90. The molecule has 2 aromatic rings. The van der Waals surface area contributed by atoms with E-state index in [1.165, 1.54) is 17.0 Å². The predicted molar refractivity (Wildman–Crippen MR) is 95.0 cm³/mol. The van der Waals surface area contributed by atoms with Crippen molar-refractivity contribution in [2.45, 2.75) is 31.3 Å². The van der Waals surface area contributed by atoms with Gasteiger partial charge in [0.15, 0.2) is 0 Å². The number of nitrogens with zero attached hydrogens (tertiary/aromatic N) is 1. The normalized spacial score (nSPS) is 17.1. The fourth-order valence-electron chi connectivity index (χ4n) is 2.99. The molecule has 0 bridgehead atoms. The molecule has 0 fully saturated rings. The highest BCUT2D eigenvalue weighted by Crippen LogP contribution is 2.36. The van der Waals surface area contributed by atoms with Crippen molar-refractivity contribution in [2.75, 3.05) is 11.4 Å². The molecule has 0 aromatic heterocycles. The number of aliphatic hydroxyl groups excluding tert-OH is 1. The minimum Gasteiger partial charge on any atom is -0.388 e. The van der Waals surface area contributed by atoms with E-state index in [2.05, 4.69) is 4.72 Å². The molecule has 0 radical (unpaired) electrons. The first-order valence-electron chi connectivity index (χ1n) is 7.98. The van der Waals surface area contributed by atoms with Crippen molar-refractivity contribution in [3.05, 3.63) is 59.2 Å². The lowest BCUT2D eigenvalue weighted by atomic mass is 9.96. The minimum atomic E-state index is -3.96. The number of carbonyl (C=O) groups is 1. The number of carbonyl (C=O) groups excluding carboxylic acids is 1. The van der Waals surface area contributed by atoms with E-state index < -0.39 is 22.2 Å². The molecule has 1 aliphatic heterocycles. The van der Waals surface area contributed by atoms with Gasteiger partial charge >= 0.3 is 6.03 Å². The smallest absolute Gasteiger partial charge is 0.335 e. The Morgan fingerprint density at radius 1 is 1.16 bits per heavy atom. The number of hydrogen-bond donors (Lipinski definition) is 2. The topological polar surface area (TPSA) is 86.7 Å². The van der Waals surface area contributed by atoms with Crippen LogP contribution >= 0.6 is 0 Å². The van der Waals surface area contributed by atoms with Gasteiger partial charge in [0.2, 0.25) is 0 Å². The Morgan fingerprint density at radius 2 is 1.84 bits per heavy atom. The van der Waals surface area contributed by atoms with Crippen molar-refractivity contribution in [3.63, 3.8) is 0 Å². The summed E-state index contributed by atoms with van der Waals surface area (Å²) in [6, 6.07) is 10.9. The Hall–Kier alpha value is -2.38. The van der Waals surface area contributed by atoms with Gasteiger partial charge in [-0.15, -0.1) is 0 Å². The summed E-state index contributed by atoms with van der Waals surface area (Å²) in [5.74, 6) is 0. The molecule has 7 heteroatoms. The quantitative estimate of drug-likeness (QED) is 0.862. The zero-order chi connectivity index (χ0) is 18.2. The minimum absolute atomic E-state index is 0.0356. The van der Waals surface area contributed by atoms with E-state index in [1.807, 2.05) is 26.0 Å². The molecule has 2 N–H and O–H groups in total. The summed E-state index contributed by atoms with van der Waals surface area (Å²) in [5.41, 5.74) is 2.94. The largest absolute Gasteiger partial charge is 0.388 e. The average Bonchev–Trinajstić information content (AvgIpc) is 2.56. The SMILES string of the molecule is Cc1ccc(S(=O)(=O)NC(=O)N2CCC(O)c3cccc(C)c32)cc1. The molecule has 0 aliphatic carbocycles. The van der Waals surface area contributed by atoms with Crippen molar-refractivity contribution in [1.29, 1.82) is 0 Å². The van der Waals surface area contributed by atoms with Crippen LogP contribution in [0, 0.1) is 13.8 Å². The second-order valence-corrected chi connectivity index (χ2v) is 7.87. The molecular formula is C18H20N2O4S. The lowest BCUT2D eigenvalue weighted by Crippen LogP contribution is -2.46. The fraction of sp³-hybridized carbons (Fsp3) is 0.278.